The molecule has 4 aromatic heterocycles. The van der Waals surface area contributed by atoms with Crippen LogP contribution in [0.2, 0.25) is 0 Å². The fourth-order valence-electron chi connectivity index (χ4n) is 2.57. The topological polar surface area (TPSA) is 101 Å². The zero-order valence-electron chi connectivity index (χ0n) is 13.0. The van der Waals surface area contributed by atoms with Crippen molar-refractivity contribution in [3.05, 3.63) is 76.7 Å². The average molecular weight is 335 g/mol. The third-order valence-corrected chi connectivity index (χ3v) is 3.75. The van der Waals surface area contributed by atoms with Crippen molar-refractivity contribution in [1.29, 1.82) is 0 Å². The van der Waals surface area contributed by atoms with Crippen molar-refractivity contribution in [3.63, 3.8) is 0 Å². The standard InChI is InChI=1S/C17H13N5O3/c23-13-4-3-6-21-10-11(19-16(13)21)9-18-17(25)12-8-15(24)22-7-2-1-5-14(22)20-12/h1-8,10,23H,9H2,(H,18,25). The van der Waals surface area contributed by atoms with Gasteiger partial charge in [0.25, 0.3) is 11.5 Å². The quantitative estimate of drug-likeness (QED) is 0.581. The number of carbonyl (C=O) groups excluding carboxylic acids is 1. The van der Waals surface area contributed by atoms with Crippen LogP contribution in [-0.4, -0.2) is 29.8 Å². The van der Waals surface area contributed by atoms with Crippen LogP contribution in [0.1, 0.15) is 16.2 Å². The zero-order valence-corrected chi connectivity index (χ0v) is 13.0. The van der Waals surface area contributed by atoms with Gasteiger partial charge in [-0.25, -0.2) is 9.97 Å². The number of fused-ring (bicyclic) bond motifs is 2. The molecule has 0 saturated carbocycles. The third-order valence-electron chi connectivity index (χ3n) is 3.75. The van der Waals surface area contributed by atoms with E-state index in [4.69, 9.17) is 0 Å². The first-order valence-electron chi connectivity index (χ1n) is 7.54. The average Bonchev–Trinajstić information content (AvgIpc) is 3.04. The minimum atomic E-state index is -0.468. The molecule has 0 saturated heterocycles. The van der Waals surface area contributed by atoms with Crippen molar-refractivity contribution < 1.29 is 9.90 Å². The van der Waals surface area contributed by atoms with Gasteiger partial charge in [-0.2, -0.15) is 0 Å². The number of aromatic nitrogens is 4. The number of nitrogens with zero attached hydrogens (tertiary/aromatic N) is 4. The van der Waals surface area contributed by atoms with Crippen molar-refractivity contribution in [2.75, 3.05) is 0 Å². The third kappa shape index (κ3) is 2.69. The van der Waals surface area contributed by atoms with E-state index in [-0.39, 0.29) is 23.5 Å². The maximum Gasteiger partial charge on any atom is 0.270 e. The molecule has 0 fully saturated rings. The Kier molecular flexibility index (Phi) is 3.42. The fourth-order valence-corrected chi connectivity index (χ4v) is 2.57. The number of aromatic hydroxyl groups is 1. The summed E-state index contributed by atoms with van der Waals surface area (Å²) in [7, 11) is 0. The molecule has 0 aliphatic rings. The number of amides is 1. The van der Waals surface area contributed by atoms with E-state index in [1.165, 1.54) is 16.5 Å². The first-order valence-corrected chi connectivity index (χ1v) is 7.54. The van der Waals surface area contributed by atoms with E-state index in [0.717, 1.165) is 0 Å². The number of imidazole rings is 1. The number of rotatable bonds is 3. The predicted molar refractivity (Wildman–Crippen MR) is 89.5 cm³/mol. The molecule has 1 amide bonds. The van der Waals surface area contributed by atoms with E-state index in [1.54, 1.807) is 47.3 Å². The highest BCUT2D eigenvalue weighted by atomic mass is 16.3. The van der Waals surface area contributed by atoms with Gasteiger partial charge in [-0.05, 0) is 24.3 Å². The predicted octanol–water partition coefficient (Wildman–Crippen LogP) is 0.978. The lowest BCUT2D eigenvalue weighted by atomic mass is 10.3. The Balaban J connectivity index is 1.57. The Morgan fingerprint density at radius 2 is 2.04 bits per heavy atom. The van der Waals surface area contributed by atoms with Crippen LogP contribution in [0, 0.1) is 0 Å². The molecule has 4 heterocycles. The maximum absolute atomic E-state index is 12.3. The number of nitrogens with one attached hydrogen (secondary N) is 1. The summed E-state index contributed by atoms with van der Waals surface area (Å²) in [5, 5.41) is 12.4. The molecule has 0 aromatic carbocycles. The highest BCUT2D eigenvalue weighted by molar-refractivity contribution is 5.92. The van der Waals surface area contributed by atoms with E-state index in [1.807, 2.05) is 0 Å². The molecule has 0 radical (unpaired) electrons. The van der Waals surface area contributed by atoms with E-state index < -0.39 is 5.91 Å². The first-order chi connectivity index (χ1) is 12.1. The molecule has 4 rings (SSSR count). The normalized spacial score (nSPS) is 11.0. The minimum absolute atomic E-state index is 0.0443. The first kappa shape index (κ1) is 14.9. The van der Waals surface area contributed by atoms with Crippen molar-refractivity contribution in [3.8, 4) is 5.75 Å². The smallest absolute Gasteiger partial charge is 0.270 e. The molecule has 4 aromatic rings. The Hall–Kier alpha value is -3.68. The number of carbonyl (C=O) groups is 1. The molecular formula is C17H13N5O3. The summed E-state index contributed by atoms with van der Waals surface area (Å²) >= 11 is 0. The Morgan fingerprint density at radius 1 is 1.16 bits per heavy atom. The van der Waals surface area contributed by atoms with Gasteiger partial charge in [-0.1, -0.05) is 6.07 Å². The van der Waals surface area contributed by atoms with Gasteiger partial charge in [-0.3, -0.25) is 14.0 Å². The Bertz CT molecular complexity index is 1160. The van der Waals surface area contributed by atoms with Crippen molar-refractivity contribution >= 4 is 17.2 Å². The number of hydrogen-bond donors (Lipinski definition) is 2. The number of pyridine rings is 2. The molecule has 0 spiro atoms. The Morgan fingerprint density at radius 3 is 2.88 bits per heavy atom. The van der Waals surface area contributed by atoms with Crippen molar-refractivity contribution in [1.82, 2.24) is 24.1 Å². The molecule has 0 aliphatic heterocycles. The van der Waals surface area contributed by atoms with Gasteiger partial charge < -0.3 is 14.8 Å². The molecule has 8 nitrogen and oxygen atoms in total. The van der Waals surface area contributed by atoms with E-state index >= 15 is 0 Å². The molecule has 0 unspecified atom stereocenters. The van der Waals surface area contributed by atoms with E-state index in [2.05, 4.69) is 15.3 Å². The molecule has 8 heteroatoms. The summed E-state index contributed by atoms with van der Waals surface area (Å²) < 4.78 is 3.03. The summed E-state index contributed by atoms with van der Waals surface area (Å²) in [5.74, 6) is -0.408. The second kappa shape index (κ2) is 5.75. The van der Waals surface area contributed by atoms with Crippen LogP contribution in [-0.2, 0) is 6.54 Å². The summed E-state index contributed by atoms with van der Waals surface area (Å²) in [6, 6.07) is 9.54. The summed E-state index contributed by atoms with van der Waals surface area (Å²) in [6.07, 6.45) is 5.05. The van der Waals surface area contributed by atoms with Gasteiger partial charge in [0.1, 0.15) is 11.3 Å². The molecule has 25 heavy (non-hydrogen) atoms. The SMILES string of the molecule is O=C(NCc1cn2cccc(O)c2n1)c1cc(=O)n2ccccc2n1. The van der Waals surface area contributed by atoms with E-state index in [0.29, 0.717) is 17.0 Å². The monoisotopic (exact) mass is 335 g/mol. The lowest BCUT2D eigenvalue weighted by Gasteiger charge is -2.04. The van der Waals surface area contributed by atoms with E-state index in [9.17, 15) is 14.7 Å². The van der Waals surface area contributed by atoms with Crippen LogP contribution in [0.3, 0.4) is 0 Å². The van der Waals surface area contributed by atoms with Gasteiger partial charge in [0.15, 0.2) is 11.4 Å². The molecule has 2 N–H and O–H groups in total. The Labute approximate surface area is 141 Å². The van der Waals surface area contributed by atoms with Crippen LogP contribution in [0.5, 0.6) is 5.75 Å². The van der Waals surface area contributed by atoms with Gasteiger partial charge in [0.2, 0.25) is 0 Å². The largest absolute Gasteiger partial charge is 0.504 e. The summed E-state index contributed by atoms with van der Waals surface area (Å²) in [5.41, 5.74) is 1.11. The summed E-state index contributed by atoms with van der Waals surface area (Å²) in [6.45, 7) is 0.149. The van der Waals surface area contributed by atoms with Crippen molar-refractivity contribution in [2.45, 2.75) is 6.54 Å². The fraction of sp³-hybridized carbons (Fsp3) is 0.0588. The lowest BCUT2D eigenvalue weighted by Crippen LogP contribution is -2.27. The molecule has 124 valence electrons. The molecule has 0 atom stereocenters. The van der Waals surface area contributed by atoms with Crippen LogP contribution in [0.15, 0.2) is 59.8 Å². The minimum Gasteiger partial charge on any atom is -0.504 e. The summed E-state index contributed by atoms with van der Waals surface area (Å²) in [4.78, 5) is 32.8. The second-order valence-electron chi connectivity index (χ2n) is 5.45. The molecule has 0 aliphatic carbocycles. The van der Waals surface area contributed by atoms with Gasteiger partial charge in [0.05, 0.1) is 12.2 Å². The molecule has 0 bridgehead atoms. The van der Waals surface area contributed by atoms with Crippen molar-refractivity contribution in [2.24, 2.45) is 0 Å². The van der Waals surface area contributed by atoms with Crippen LogP contribution in [0.4, 0.5) is 0 Å². The van der Waals surface area contributed by atoms with Crippen LogP contribution >= 0.6 is 0 Å². The zero-order chi connectivity index (χ0) is 17.4. The maximum atomic E-state index is 12.3. The van der Waals surface area contributed by atoms with Gasteiger partial charge in [-0.15, -0.1) is 0 Å². The molecular weight excluding hydrogens is 322 g/mol. The lowest BCUT2D eigenvalue weighted by molar-refractivity contribution is 0.0945. The van der Waals surface area contributed by atoms with Gasteiger partial charge in [0, 0.05) is 24.7 Å². The van der Waals surface area contributed by atoms with Crippen LogP contribution < -0.4 is 10.9 Å². The van der Waals surface area contributed by atoms with Gasteiger partial charge >= 0.3 is 0 Å². The number of hydrogen-bond acceptors (Lipinski definition) is 5. The highest BCUT2D eigenvalue weighted by Crippen LogP contribution is 2.16. The van der Waals surface area contributed by atoms with Crippen LogP contribution in [0.25, 0.3) is 11.3 Å². The second-order valence-corrected chi connectivity index (χ2v) is 5.45. The highest BCUT2D eigenvalue weighted by Gasteiger charge is 2.12.